The number of benzene rings is 1. The Kier molecular flexibility index (Phi) is 4.23. The molecule has 0 bridgehead atoms. The molecule has 0 aliphatic rings. The molecule has 0 aliphatic carbocycles. The maximum atomic E-state index is 11.4. The molecule has 1 aromatic carbocycles. The Morgan fingerprint density at radius 1 is 1.35 bits per heavy atom. The van der Waals surface area contributed by atoms with Crippen molar-refractivity contribution in [1.29, 1.82) is 0 Å². The number of carboxylic acid groups (broad SMARTS) is 1. The summed E-state index contributed by atoms with van der Waals surface area (Å²) in [5, 5.41) is 8.99. The number of rotatable bonds is 5. The summed E-state index contributed by atoms with van der Waals surface area (Å²) in [7, 11) is 1.12. The molecular formula is C12H15NO4. The Labute approximate surface area is 99.2 Å². The minimum absolute atomic E-state index is 0.000972. The number of nitrogens with two attached hydrogens (primary N) is 1. The fraction of sp³-hybridized carbons (Fsp3) is 0.333. The largest absolute Gasteiger partial charge is 0.479 e. The highest BCUT2D eigenvalue weighted by molar-refractivity contribution is 6.03. The Morgan fingerprint density at radius 3 is 2.41 bits per heavy atom. The highest BCUT2D eigenvalue weighted by Crippen LogP contribution is 2.14. The SMILES string of the molecule is COC(=O)C(N)(CCc1ccccc1)C(=O)O. The maximum Gasteiger partial charge on any atom is 0.337 e. The van der Waals surface area contributed by atoms with E-state index in [2.05, 4.69) is 4.74 Å². The Balaban J connectivity index is 2.76. The molecule has 1 unspecified atom stereocenters. The summed E-state index contributed by atoms with van der Waals surface area (Å²) in [5.74, 6) is -2.30. The summed E-state index contributed by atoms with van der Waals surface area (Å²) in [6, 6.07) is 9.23. The van der Waals surface area contributed by atoms with Gasteiger partial charge >= 0.3 is 11.9 Å². The second kappa shape index (κ2) is 5.45. The first-order chi connectivity index (χ1) is 8.00. The first-order valence-electron chi connectivity index (χ1n) is 5.15. The van der Waals surface area contributed by atoms with Gasteiger partial charge in [0.1, 0.15) is 0 Å². The van der Waals surface area contributed by atoms with E-state index >= 15 is 0 Å². The number of hydrogen-bond donors (Lipinski definition) is 2. The molecule has 0 aromatic heterocycles. The molecule has 0 radical (unpaired) electrons. The molecule has 5 heteroatoms. The van der Waals surface area contributed by atoms with Crippen LogP contribution in [0, 0.1) is 0 Å². The van der Waals surface area contributed by atoms with Gasteiger partial charge in [-0.25, -0.2) is 9.59 Å². The molecule has 0 aliphatic heterocycles. The molecule has 1 aromatic rings. The van der Waals surface area contributed by atoms with Crippen molar-refractivity contribution in [2.75, 3.05) is 7.11 Å². The summed E-state index contributed by atoms with van der Waals surface area (Å²) in [4.78, 5) is 22.4. The number of ether oxygens (including phenoxy) is 1. The van der Waals surface area contributed by atoms with Crippen LogP contribution in [0.1, 0.15) is 12.0 Å². The van der Waals surface area contributed by atoms with Crippen molar-refractivity contribution >= 4 is 11.9 Å². The zero-order valence-electron chi connectivity index (χ0n) is 9.55. The smallest absolute Gasteiger partial charge is 0.337 e. The van der Waals surface area contributed by atoms with E-state index in [9.17, 15) is 9.59 Å². The predicted molar refractivity (Wildman–Crippen MR) is 61.3 cm³/mol. The molecule has 0 saturated carbocycles. The second-order valence-electron chi connectivity index (χ2n) is 3.75. The van der Waals surface area contributed by atoms with Gasteiger partial charge in [0.15, 0.2) is 0 Å². The predicted octanol–water partition coefficient (Wildman–Crippen LogP) is 0.574. The summed E-state index contributed by atoms with van der Waals surface area (Å²) >= 11 is 0. The maximum absolute atomic E-state index is 11.4. The lowest BCUT2D eigenvalue weighted by molar-refractivity contribution is -0.159. The Bertz CT molecular complexity index is 404. The van der Waals surface area contributed by atoms with Crippen LogP contribution < -0.4 is 5.73 Å². The van der Waals surface area contributed by atoms with Crippen molar-refractivity contribution < 1.29 is 19.4 Å². The summed E-state index contributed by atoms with van der Waals surface area (Å²) < 4.78 is 4.42. The van der Waals surface area contributed by atoms with Crippen LogP contribution in [0.4, 0.5) is 0 Å². The lowest BCUT2D eigenvalue weighted by Crippen LogP contribution is -2.55. The molecular weight excluding hydrogens is 222 g/mol. The van der Waals surface area contributed by atoms with Crippen molar-refractivity contribution in [2.24, 2.45) is 5.73 Å². The standard InChI is InChI=1S/C12H15NO4/c1-17-11(16)12(13,10(14)15)8-7-9-5-3-2-4-6-9/h2-6H,7-8,13H2,1H3,(H,14,15). The van der Waals surface area contributed by atoms with Crippen LogP contribution in [0.25, 0.3) is 0 Å². The molecule has 3 N–H and O–H groups in total. The van der Waals surface area contributed by atoms with Crippen LogP contribution >= 0.6 is 0 Å². The van der Waals surface area contributed by atoms with Gasteiger partial charge in [0.25, 0.3) is 0 Å². The van der Waals surface area contributed by atoms with Crippen LogP contribution in [-0.2, 0) is 20.7 Å². The molecule has 0 amide bonds. The molecule has 0 fully saturated rings. The zero-order valence-corrected chi connectivity index (χ0v) is 9.55. The van der Waals surface area contributed by atoms with Crippen LogP contribution in [0.15, 0.2) is 30.3 Å². The van der Waals surface area contributed by atoms with Gasteiger partial charge in [0.2, 0.25) is 5.54 Å². The Morgan fingerprint density at radius 2 is 1.94 bits per heavy atom. The average Bonchev–Trinajstić information content (AvgIpc) is 2.35. The van der Waals surface area contributed by atoms with E-state index in [0.29, 0.717) is 6.42 Å². The topological polar surface area (TPSA) is 89.6 Å². The lowest BCUT2D eigenvalue weighted by atomic mass is 9.92. The van der Waals surface area contributed by atoms with Crippen molar-refractivity contribution in [3.8, 4) is 0 Å². The molecule has 5 nitrogen and oxygen atoms in total. The second-order valence-corrected chi connectivity index (χ2v) is 3.75. The third kappa shape index (κ3) is 3.04. The van der Waals surface area contributed by atoms with Gasteiger partial charge in [-0.2, -0.15) is 0 Å². The van der Waals surface area contributed by atoms with E-state index in [1.807, 2.05) is 30.3 Å². The van der Waals surface area contributed by atoms with Gasteiger partial charge in [-0.3, -0.25) is 0 Å². The van der Waals surface area contributed by atoms with E-state index < -0.39 is 17.5 Å². The zero-order chi connectivity index (χ0) is 12.9. The van der Waals surface area contributed by atoms with Crippen molar-refractivity contribution in [3.63, 3.8) is 0 Å². The molecule has 0 saturated heterocycles. The third-order valence-electron chi connectivity index (χ3n) is 2.58. The number of carbonyl (C=O) groups excluding carboxylic acids is 1. The third-order valence-corrected chi connectivity index (χ3v) is 2.58. The highest BCUT2D eigenvalue weighted by atomic mass is 16.5. The minimum atomic E-state index is -1.98. The highest BCUT2D eigenvalue weighted by Gasteiger charge is 2.43. The fourth-order valence-electron chi connectivity index (χ4n) is 1.46. The fourth-order valence-corrected chi connectivity index (χ4v) is 1.46. The molecule has 0 heterocycles. The van der Waals surface area contributed by atoms with Gasteiger partial charge in [-0.15, -0.1) is 0 Å². The Hall–Kier alpha value is -1.88. The number of carboxylic acids is 1. The number of esters is 1. The normalized spacial score (nSPS) is 13.8. The van der Waals surface area contributed by atoms with Crippen molar-refractivity contribution in [2.45, 2.75) is 18.4 Å². The van der Waals surface area contributed by atoms with Crippen molar-refractivity contribution in [3.05, 3.63) is 35.9 Å². The van der Waals surface area contributed by atoms with E-state index in [4.69, 9.17) is 10.8 Å². The number of carbonyl (C=O) groups is 2. The quantitative estimate of drug-likeness (QED) is 0.577. The monoisotopic (exact) mass is 237 g/mol. The van der Waals surface area contributed by atoms with Crippen molar-refractivity contribution in [1.82, 2.24) is 0 Å². The number of methoxy groups -OCH3 is 1. The first-order valence-corrected chi connectivity index (χ1v) is 5.15. The van der Waals surface area contributed by atoms with Gasteiger partial charge in [-0.05, 0) is 18.4 Å². The molecule has 1 atom stereocenters. The van der Waals surface area contributed by atoms with E-state index in [0.717, 1.165) is 12.7 Å². The average molecular weight is 237 g/mol. The molecule has 1 rings (SSSR count). The lowest BCUT2D eigenvalue weighted by Gasteiger charge is -2.21. The van der Waals surface area contributed by atoms with E-state index in [1.165, 1.54) is 0 Å². The van der Waals surface area contributed by atoms with Gasteiger partial charge in [0, 0.05) is 0 Å². The first kappa shape index (κ1) is 13.2. The van der Waals surface area contributed by atoms with Gasteiger partial charge in [0.05, 0.1) is 7.11 Å². The van der Waals surface area contributed by atoms with Crippen LogP contribution in [-0.4, -0.2) is 29.7 Å². The van der Waals surface area contributed by atoms with Gasteiger partial charge in [-0.1, -0.05) is 30.3 Å². The van der Waals surface area contributed by atoms with Crippen LogP contribution in [0.3, 0.4) is 0 Å². The van der Waals surface area contributed by atoms with Gasteiger partial charge < -0.3 is 15.6 Å². The van der Waals surface area contributed by atoms with E-state index in [1.54, 1.807) is 0 Å². The molecule has 17 heavy (non-hydrogen) atoms. The minimum Gasteiger partial charge on any atom is -0.479 e. The molecule has 0 spiro atoms. The number of aryl methyl sites for hydroxylation is 1. The number of aliphatic carboxylic acids is 1. The van der Waals surface area contributed by atoms with Crippen LogP contribution in [0.5, 0.6) is 0 Å². The van der Waals surface area contributed by atoms with Crippen LogP contribution in [0.2, 0.25) is 0 Å². The molecule has 92 valence electrons. The number of hydrogen-bond acceptors (Lipinski definition) is 4. The van der Waals surface area contributed by atoms with E-state index in [-0.39, 0.29) is 6.42 Å². The summed E-state index contributed by atoms with van der Waals surface area (Å²) in [5.41, 5.74) is 4.51. The summed E-state index contributed by atoms with van der Waals surface area (Å²) in [6.45, 7) is 0. The summed E-state index contributed by atoms with van der Waals surface area (Å²) in [6.07, 6.45) is 0.401.